The molecule has 0 saturated carbocycles. The van der Waals surface area contributed by atoms with Crippen LogP contribution >= 0.6 is 34.8 Å². The summed E-state index contributed by atoms with van der Waals surface area (Å²) in [7, 11) is 1.59. The molecule has 0 radical (unpaired) electrons. The summed E-state index contributed by atoms with van der Waals surface area (Å²) in [6.45, 7) is 0. The lowest BCUT2D eigenvalue weighted by atomic mass is 9.98. The first-order valence-electron chi connectivity index (χ1n) is 7.01. The minimum Gasteiger partial charge on any atom is -0.497 e. The van der Waals surface area contributed by atoms with Crippen molar-refractivity contribution in [3.8, 4) is 23.1 Å². The van der Waals surface area contributed by atoms with Gasteiger partial charge < -0.3 is 4.74 Å². The van der Waals surface area contributed by atoms with E-state index in [0.717, 1.165) is 5.39 Å². The van der Waals surface area contributed by atoms with E-state index < -0.39 is 0 Å². The van der Waals surface area contributed by atoms with Crippen molar-refractivity contribution in [3.63, 3.8) is 0 Å². The number of halogens is 3. The molecule has 3 aromatic rings. The van der Waals surface area contributed by atoms with Crippen LogP contribution < -0.4 is 4.74 Å². The van der Waals surface area contributed by atoms with Crippen LogP contribution in [0.25, 0.3) is 22.2 Å². The average Bonchev–Trinajstić information content (AvgIpc) is 2.59. The first-order chi connectivity index (χ1) is 11.6. The van der Waals surface area contributed by atoms with Crippen LogP contribution in [-0.2, 0) is 5.88 Å². The minimum atomic E-state index is 0.174. The molecule has 0 aliphatic rings. The summed E-state index contributed by atoms with van der Waals surface area (Å²) in [5.74, 6) is 0.852. The fourth-order valence-corrected chi connectivity index (χ4v) is 3.35. The molecule has 0 aliphatic heterocycles. The van der Waals surface area contributed by atoms with Gasteiger partial charge in [0, 0.05) is 21.9 Å². The van der Waals surface area contributed by atoms with Crippen LogP contribution in [0.5, 0.6) is 5.75 Å². The van der Waals surface area contributed by atoms with Crippen molar-refractivity contribution in [2.45, 2.75) is 5.88 Å². The van der Waals surface area contributed by atoms with Crippen molar-refractivity contribution in [1.29, 1.82) is 5.26 Å². The van der Waals surface area contributed by atoms with Crippen LogP contribution in [0.4, 0.5) is 0 Å². The van der Waals surface area contributed by atoms with E-state index in [9.17, 15) is 5.26 Å². The zero-order valence-electron chi connectivity index (χ0n) is 12.6. The van der Waals surface area contributed by atoms with Crippen LogP contribution in [0, 0.1) is 11.3 Å². The maximum Gasteiger partial charge on any atom is 0.119 e. The van der Waals surface area contributed by atoms with E-state index in [-0.39, 0.29) is 5.88 Å². The number of nitrogens with zero attached hydrogens (tertiary/aromatic N) is 2. The maximum absolute atomic E-state index is 9.67. The number of pyridine rings is 1. The van der Waals surface area contributed by atoms with Gasteiger partial charge in [-0.3, -0.25) is 0 Å². The van der Waals surface area contributed by atoms with Crippen LogP contribution in [0.15, 0.2) is 36.4 Å². The van der Waals surface area contributed by atoms with E-state index in [1.165, 1.54) is 0 Å². The number of fused-ring (bicyclic) bond motifs is 1. The maximum atomic E-state index is 9.67. The van der Waals surface area contributed by atoms with Gasteiger partial charge in [0.2, 0.25) is 0 Å². The SMILES string of the molecule is COc1ccc2nc(-c3ccc(Cl)cc3Cl)c(C#N)c(CCl)c2c1. The summed E-state index contributed by atoms with van der Waals surface area (Å²) in [5.41, 5.74) is 2.94. The number of alkyl halides is 1. The Labute approximate surface area is 154 Å². The van der Waals surface area contributed by atoms with Crippen molar-refractivity contribution in [2.75, 3.05) is 7.11 Å². The molecule has 1 heterocycles. The molecule has 0 fully saturated rings. The van der Waals surface area contributed by atoms with Gasteiger partial charge in [-0.1, -0.05) is 23.2 Å². The van der Waals surface area contributed by atoms with Gasteiger partial charge in [-0.25, -0.2) is 4.98 Å². The zero-order valence-corrected chi connectivity index (χ0v) is 14.9. The first kappa shape index (κ1) is 16.9. The van der Waals surface area contributed by atoms with E-state index in [2.05, 4.69) is 11.1 Å². The molecule has 120 valence electrons. The Morgan fingerprint density at radius 2 is 1.96 bits per heavy atom. The normalized spacial score (nSPS) is 10.6. The van der Waals surface area contributed by atoms with Crippen molar-refractivity contribution >= 4 is 45.7 Å². The Bertz CT molecular complexity index is 980. The van der Waals surface area contributed by atoms with Crippen LogP contribution in [0.1, 0.15) is 11.1 Å². The van der Waals surface area contributed by atoms with E-state index >= 15 is 0 Å². The number of nitriles is 1. The molecule has 0 N–H and O–H groups in total. The van der Waals surface area contributed by atoms with Crippen LogP contribution in [0.2, 0.25) is 10.0 Å². The lowest BCUT2D eigenvalue weighted by Crippen LogP contribution is -1.98. The third kappa shape index (κ3) is 2.89. The Kier molecular flexibility index (Phi) is 4.82. The minimum absolute atomic E-state index is 0.174. The molecule has 3 rings (SSSR count). The highest BCUT2D eigenvalue weighted by Crippen LogP contribution is 2.36. The molecule has 0 unspecified atom stereocenters. The smallest absolute Gasteiger partial charge is 0.119 e. The predicted molar refractivity (Wildman–Crippen MR) is 98.0 cm³/mol. The predicted octanol–water partition coefficient (Wildman–Crippen LogP) is 5.83. The Morgan fingerprint density at radius 3 is 2.58 bits per heavy atom. The molecule has 0 aliphatic carbocycles. The molecule has 1 aromatic heterocycles. The highest BCUT2D eigenvalue weighted by molar-refractivity contribution is 6.36. The fraction of sp³-hybridized carbons (Fsp3) is 0.111. The van der Waals surface area contributed by atoms with Crippen LogP contribution in [0.3, 0.4) is 0 Å². The second-order valence-corrected chi connectivity index (χ2v) is 6.18. The number of rotatable bonds is 3. The molecule has 0 spiro atoms. The van der Waals surface area contributed by atoms with Gasteiger partial charge in [0.05, 0.1) is 28.9 Å². The second-order valence-electron chi connectivity index (χ2n) is 5.07. The molecule has 0 amide bonds. The van der Waals surface area contributed by atoms with Crippen molar-refractivity contribution in [3.05, 3.63) is 57.6 Å². The monoisotopic (exact) mass is 376 g/mol. The third-order valence-electron chi connectivity index (χ3n) is 3.73. The molecule has 0 saturated heterocycles. The summed E-state index contributed by atoms with van der Waals surface area (Å²) in [4.78, 5) is 4.63. The molecular weight excluding hydrogens is 367 g/mol. The molecule has 2 aromatic carbocycles. The number of methoxy groups -OCH3 is 1. The summed E-state index contributed by atoms with van der Waals surface area (Å²) in [6.07, 6.45) is 0. The number of hydrogen-bond acceptors (Lipinski definition) is 3. The molecule has 0 atom stereocenters. The standard InChI is InChI=1S/C18H11Cl3N2O/c1-24-11-3-5-17-13(7-11)14(8-19)15(9-22)18(23-17)12-4-2-10(20)6-16(12)21/h2-7H,8H2,1H3. The topological polar surface area (TPSA) is 45.9 Å². The highest BCUT2D eigenvalue weighted by atomic mass is 35.5. The lowest BCUT2D eigenvalue weighted by molar-refractivity contribution is 0.415. The van der Waals surface area contributed by atoms with Gasteiger partial charge in [-0.2, -0.15) is 5.26 Å². The Hall–Kier alpha value is -1.99. The van der Waals surface area contributed by atoms with Gasteiger partial charge >= 0.3 is 0 Å². The van der Waals surface area contributed by atoms with E-state index in [4.69, 9.17) is 39.5 Å². The van der Waals surface area contributed by atoms with Gasteiger partial charge in [0.25, 0.3) is 0 Å². The number of aromatic nitrogens is 1. The highest BCUT2D eigenvalue weighted by Gasteiger charge is 2.18. The quantitative estimate of drug-likeness (QED) is 0.540. The summed E-state index contributed by atoms with van der Waals surface area (Å²) in [6, 6.07) is 12.8. The summed E-state index contributed by atoms with van der Waals surface area (Å²) < 4.78 is 5.25. The molecule has 3 nitrogen and oxygen atoms in total. The number of benzene rings is 2. The largest absolute Gasteiger partial charge is 0.497 e. The van der Waals surface area contributed by atoms with E-state index in [0.29, 0.717) is 43.7 Å². The van der Waals surface area contributed by atoms with Gasteiger partial charge in [-0.05, 0) is 42.0 Å². The second kappa shape index (κ2) is 6.86. The lowest BCUT2D eigenvalue weighted by Gasteiger charge is -2.13. The van der Waals surface area contributed by atoms with Crippen molar-refractivity contribution in [1.82, 2.24) is 4.98 Å². The molecular formula is C18H11Cl3N2O. The van der Waals surface area contributed by atoms with Gasteiger partial charge in [-0.15, -0.1) is 11.6 Å². The molecule has 6 heteroatoms. The van der Waals surface area contributed by atoms with Gasteiger partial charge in [0.15, 0.2) is 0 Å². The van der Waals surface area contributed by atoms with Gasteiger partial charge in [0.1, 0.15) is 11.8 Å². The van der Waals surface area contributed by atoms with Crippen molar-refractivity contribution in [2.24, 2.45) is 0 Å². The molecule has 24 heavy (non-hydrogen) atoms. The number of ether oxygens (including phenoxy) is 1. The zero-order chi connectivity index (χ0) is 17.3. The average molecular weight is 378 g/mol. The summed E-state index contributed by atoms with van der Waals surface area (Å²) in [5, 5.41) is 11.4. The summed E-state index contributed by atoms with van der Waals surface area (Å²) >= 11 is 18.4. The first-order valence-corrected chi connectivity index (χ1v) is 8.30. The fourth-order valence-electron chi connectivity index (χ4n) is 2.57. The molecule has 0 bridgehead atoms. The van der Waals surface area contributed by atoms with Crippen molar-refractivity contribution < 1.29 is 4.74 Å². The Morgan fingerprint density at radius 1 is 1.17 bits per heavy atom. The van der Waals surface area contributed by atoms with E-state index in [1.54, 1.807) is 25.3 Å². The van der Waals surface area contributed by atoms with Crippen LogP contribution in [-0.4, -0.2) is 12.1 Å². The van der Waals surface area contributed by atoms with E-state index in [1.807, 2.05) is 18.2 Å². The Balaban J connectivity index is 2.39. The number of hydrogen-bond donors (Lipinski definition) is 0. The third-order valence-corrected chi connectivity index (χ3v) is 4.55.